The molecule has 2 atom stereocenters. The van der Waals surface area contributed by atoms with Gasteiger partial charge in [0.25, 0.3) is 5.91 Å². The molecule has 0 aromatic rings. The number of carbonyl (C=O) groups is 2. The highest BCUT2D eigenvalue weighted by atomic mass is 16.2. The molecule has 1 rings (SSSR count). The number of hydrogen-bond acceptors (Lipinski definition) is 2. The Labute approximate surface area is 77.6 Å². The van der Waals surface area contributed by atoms with E-state index in [0.29, 0.717) is 6.42 Å². The molecule has 0 radical (unpaired) electrons. The number of nitrogens with one attached hydrogen (secondary N) is 1. The SMILES string of the molecule is C=CCC(C)N1C(=O)NC(C)C1=O. The Morgan fingerprint density at radius 3 is 2.69 bits per heavy atom. The third-order valence-corrected chi connectivity index (χ3v) is 2.12. The number of carbonyl (C=O) groups excluding carboxylic acids is 2. The summed E-state index contributed by atoms with van der Waals surface area (Å²) in [6.07, 6.45) is 2.33. The average molecular weight is 182 g/mol. The van der Waals surface area contributed by atoms with Crippen molar-refractivity contribution in [3.8, 4) is 0 Å². The van der Waals surface area contributed by atoms with Crippen LogP contribution in [0.3, 0.4) is 0 Å². The topological polar surface area (TPSA) is 49.4 Å². The zero-order chi connectivity index (χ0) is 10.0. The summed E-state index contributed by atoms with van der Waals surface area (Å²) in [4.78, 5) is 24.0. The number of urea groups is 1. The van der Waals surface area contributed by atoms with Crippen LogP contribution in [0.4, 0.5) is 4.79 Å². The van der Waals surface area contributed by atoms with Crippen LogP contribution in [0, 0.1) is 0 Å². The largest absolute Gasteiger partial charge is 0.326 e. The van der Waals surface area contributed by atoms with Crippen LogP contribution in [0.1, 0.15) is 20.3 Å². The number of hydrogen-bond donors (Lipinski definition) is 1. The van der Waals surface area contributed by atoms with Crippen LogP contribution < -0.4 is 5.32 Å². The highest BCUT2D eigenvalue weighted by molar-refractivity contribution is 6.04. The zero-order valence-electron chi connectivity index (χ0n) is 7.91. The molecular weight excluding hydrogens is 168 g/mol. The average Bonchev–Trinajstić information content (AvgIpc) is 2.27. The molecule has 1 N–H and O–H groups in total. The molecule has 0 spiro atoms. The summed E-state index contributed by atoms with van der Waals surface area (Å²) >= 11 is 0. The number of amides is 3. The fourth-order valence-electron chi connectivity index (χ4n) is 1.39. The van der Waals surface area contributed by atoms with Gasteiger partial charge in [-0.2, -0.15) is 0 Å². The first-order valence-electron chi connectivity index (χ1n) is 4.32. The lowest BCUT2D eigenvalue weighted by Crippen LogP contribution is -2.38. The Morgan fingerprint density at radius 1 is 1.69 bits per heavy atom. The molecule has 1 aliphatic heterocycles. The maximum absolute atomic E-state index is 11.4. The predicted octanol–water partition coefficient (Wildman–Crippen LogP) is 0.891. The molecule has 1 aliphatic rings. The molecule has 0 aromatic heterocycles. The molecule has 1 saturated heterocycles. The smallest absolute Gasteiger partial charge is 0.325 e. The van der Waals surface area contributed by atoms with E-state index in [4.69, 9.17) is 0 Å². The molecule has 13 heavy (non-hydrogen) atoms. The van der Waals surface area contributed by atoms with Crippen molar-refractivity contribution in [1.82, 2.24) is 10.2 Å². The summed E-state index contributed by atoms with van der Waals surface area (Å²) in [5, 5.41) is 2.56. The van der Waals surface area contributed by atoms with Gasteiger partial charge in [0, 0.05) is 6.04 Å². The van der Waals surface area contributed by atoms with Gasteiger partial charge >= 0.3 is 6.03 Å². The third-order valence-electron chi connectivity index (χ3n) is 2.12. The fraction of sp³-hybridized carbons (Fsp3) is 0.556. The minimum Gasteiger partial charge on any atom is -0.326 e. The van der Waals surface area contributed by atoms with E-state index in [1.807, 2.05) is 6.92 Å². The van der Waals surface area contributed by atoms with Crippen LogP contribution in [0.25, 0.3) is 0 Å². The van der Waals surface area contributed by atoms with E-state index in [0.717, 1.165) is 0 Å². The summed E-state index contributed by atoms with van der Waals surface area (Å²) in [5.74, 6) is -0.153. The zero-order valence-corrected chi connectivity index (χ0v) is 7.91. The highest BCUT2D eigenvalue weighted by Gasteiger charge is 2.37. The van der Waals surface area contributed by atoms with Crippen LogP contribution in [0.2, 0.25) is 0 Å². The summed E-state index contributed by atoms with van der Waals surface area (Å²) in [7, 11) is 0. The second-order valence-electron chi connectivity index (χ2n) is 3.25. The van der Waals surface area contributed by atoms with Gasteiger partial charge in [0.15, 0.2) is 0 Å². The van der Waals surface area contributed by atoms with E-state index in [2.05, 4.69) is 11.9 Å². The van der Waals surface area contributed by atoms with Crippen molar-refractivity contribution in [3.63, 3.8) is 0 Å². The minimum absolute atomic E-state index is 0.102. The van der Waals surface area contributed by atoms with Crippen molar-refractivity contribution in [3.05, 3.63) is 12.7 Å². The first-order valence-corrected chi connectivity index (χ1v) is 4.32. The Bertz CT molecular complexity index is 250. The summed E-state index contributed by atoms with van der Waals surface area (Å²) in [6, 6.07) is -0.790. The summed E-state index contributed by atoms with van der Waals surface area (Å²) in [5.41, 5.74) is 0. The second-order valence-corrected chi connectivity index (χ2v) is 3.25. The van der Waals surface area contributed by atoms with Crippen molar-refractivity contribution in [1.29, 1.82) is 0 Å². The van der Waals surface area contributed by atoms with Gasteiger partial charge in [-0.3, -0.25) is 9.69 Å². The van der Waals surface area contributed by atoms with Crippen molar-refractivity contribution in [2.24, 2.45) is 0 Å². The van der Waals surface area contributed by atoms with Crippen LogP contribution in [-0.2, 0) is 4.79 Å². The van der Waals surface area contributed by atoms with Gasteiger partial charge in [0.05, 0.1) is 0 Å². The van der Waals surface area contributed by atoms with Gasteiger partial charge in [-0.05, 0) is 20.3 Å². The summed E-state index contributed by atoms with van der Waals surface area (Å²) < 4.78 is 0. The molecule has 72 valence electrons. The molecular formula is C9H14N2O2. The first kappa shape index (κ1) is 9.77. The van der Waals surface area contributed by atoms with Crippen molar-refractivity contribution < 1.29 is 9.59 Å². The van der Waals surface area contributed by atoms with E-state index in [-0.39, 0.29) is 24.0 Å². The van der Waals surface area contributed by atoms with Gasteiger partial charge in [0.2, 0.25) is 0 Å². The Hall–Kier alpha value is -1.32. The van der Waals surface area contributed by atoms with Crippen LogP contribution in [-0.4, -0.2) is 28.9 Å². The fourth-order valence-corrected chi connectivity index (χ4v) is 1.39. The lowest BCUT2D eigenvalue weighted by atomic mass is 10.2. The molecule has 0 aromatic carbocycles. The second kappa shape index (κ2) is 3.60. The van der Waals surface area contributed by atoms with Gasteiger partial charge < -0.3 is 5.32 Å². The Balaban J connectivity index is 2.73. The van der Waals surface area contributed by atoms with Crippen LogP contribution in [0.15, 0.2) is 12.7 Å². The van der Waals surface area contributed by atoms with E-state index in [1.165, 1.54) is 4.90 Å². The maximum Gasteiger partial charge on any atom is 0.325 e. The quantitative estimate of drug-likeness (QED) is 0.520. The molecule has 0 saturated carbocycles. The number of nitrogens with zero attached hydrogens (tertiary/aromatic N) is 1. The molecule has 2 unspecified atom stereocenters. The molecule has 0 bridgehead atoms. The van der Waals surface area contributed by atoms with E-state index < -0.39 is 0 Å². The molecule has 1 fully saturated rings. The van der Waals surface area contributed by atoms with E-state index in [1.54, 1.807) is 13.0 Å². The van der Waals surface area contributed by atoms with Gasteiger partial charge in [-0.15, -0.1) is 6.58 Å². The Kier molecular flexibility index (Phi) is 2.70. The van der Waals surface area contributed by atoms with Gasteiger partial charge in [0.1, 0.15) is 6.04 Å². The monoisotopic (exact) mass is 182 g/mol. The van der Waals surface area contributed by atoms with E-state index >= 15 is 0 Å². The lowest BCUT2D eigenvalue weighted by Gasteiger charge is -2.19. The molecule has 4 nitrogen and oxygen atoms in total. The molecule has 1 heterocycles. The summed E-state index contributed by atoms with van der Waals surface area (Å²) in [6.45, 7) is 7.08. The highest BCUT2D eigenvalue weighted by Crippen LogP contribution is 2.12. The Morgan fingerprint density at radius 2 is 2.31 bits per heavy atom. The van der Waals surface area contributed by atoms with Crippen LogP contribution >= 0.6 is 0 Å². The van der Waals surface area contributed by atoms with Gasteiger partial charge in [-0.1, -0.05) is 6.08 Å². The predicted molar refractivity (Wildman–Crippen MR) is 49.1 cm³/mol. The molecule has 3 amide bonds. The lowest BCUT2D eigenvalue weighted by molar-refractivity contribution is -0.128. The number of imide groups is 1. The van der Waals surface area contributed by atoms with E-state index in [9.17, 15) is 9.59 Å². The number of rotatable bonds is 3. The third kappa shape index (κ3) is 1.71. The normalized spacial score (nSPS) is 24.5. The van der Waals surface area contributed by atoms with Crippen LogP contribution in [0.5, 0.6) is 0 Å². The maximum atomic E-state index is 11.4. The van der Waals surface area contributed by atoms with Crippen molar-refractivity contribution in [2.75, 3.05) is 0 Å². The first-order chi connectivity index (χ1) is 6.07. The van der Waals surface area contributed by atoms with Crippen molar-refractivity contribution in [2.45, 2.75) is 32.4 Å². The minimum atomic E-state index is -0.389. The van der Waals surface area contributed by atoms with Gasteiger partial charge in [-0.25, -0.2) is 4.79 Å². The molecule has 0 aliphatic carbocycles. The van der Waals surface area contributed by atoms with Crippen molar-refractivity contribution >= 4 is 11.9 Å². The molecule has 4 heteroatoms. The standard InChI is InChI=1S/C9H14N2O2/c1-4-5-6(2)11-8(12)7(3)10-9(11)13/h4,6-7H,1,5H2,2-3H3,(H,10,13).